The molecule has 0 radical (unpaired) electrons. The summed E-state index contributed by atoms with van der Waals surface area (Å²) in [4.78, 5) is 0. The Labute approximate surface area is 135 Å². The third-order valence-corrected chi connectivity index (χ3v) is 4.15. The maximum absolute atomic E-state index is 6.10. The number of ether oxygens (including phenoxy) is 2. The van der Waals surface area contributed by atoms with Crippen molar-refractivity contribution < 1.29 is 9.47 Å². The molecule has 6 heteroatoms. The van der Waals surface area contributed by atoms with E-state index in [1.165, 1.54) is 0 Å². The second-order valence-corrected chi connectivity index (χ2v) is 5.73. The van der Waals surface area contributed by atoms with E-state index in [-0.39, 0.29) is 6.61 Å². The summed E-state index contributed by atoms with van der Waals surface area (Å²) in [5.41, 5.74) is 7.24. The standard InChI is InChI=1S/C14H12BrCl2NO2/c1-19-13-3-2-9(18)4-8(13)7-20-14-6-11(16)10(15)5-12(14)17/h2-6H,7,18H2,1H3. The number of hydrogen-bond donors (Lipinski definition) is 1. The molecule has 0 bridgehead atoms. The highest BCUT2D eigenvalue weighted by molar-refractivity contribution is 9.10. The molecular formula is C14H12BrCl2NO2. The number of methoxy groups -OCH3 is 1. The lowest BCUT2D eigenvalue weighted by Gasteiger charge is -2.12. The molecule has 2 N–H and O–H groups in total. The van der Waals surface area contributed by atoms with Crippen LogP contribution in [0.1, 0.15) is 5.56 Å². The Morgan fingerprint density at radius 3 is 2.55 bits per heavy atom. The fourth-order valence-corrected chi connectivity index (χ4v) is 2.53. The van der Waals surface area contributed by atoms with E-state index in [9.17, 15) is 0 Å². The molecule has 0 fully saturated rings. The zero-order valence-electron chi connectivity index (χ0n) is 10.6. The van der Waals surface area contributed by atoms with Gasteiger partial charge in [0.2, 0.25) is 0 Å². The third kappa shape index (κ3) is 3.51. The van der Waals surface area contributed by atoms with Crippen LogP contribution in [0, 0.1) is 0 Å². The van der Waals surface area contributed by atoms with Gasteiger partial charge in [0.15, 0.2) is 0 Å². The normalized spacial score (nSPS) is 10.4. The van der Waals surface area contributed by atoms with E-state index in [1.807, 2.05) is 0 Å². The molecule has 0 saturated carbocycles. The summed E-state index contributed by atoms with van der Waals surface area (Å²) < 4.78 is 11.7. The van der Waals surface area contributed by atoms with Crippen molar-refractivity contribution in [1.29, 1.82) is 0 Å². The minimum Gasteiger partial charge on any atom is -0.496 e. The smallest absolute Gasteiger partial charge is 0.139 e. The molecule has 0 aromatic heterocycles. The summed E-state index contributed by atoms with van der Waals surface area (Å²) in [6.45, 7) is 0.284. The maximum Gasteiger partial charge on any atom is 0.139 e. The van der Waals surface area contributed by atoms with Gasteiger partial charge in [-0.1, -0.05) is 23.2 Å². The third-order valence-electron chi connectivity index (χ3n) is 2.66. The SMILES string of the molecule is COc1ccc(N)cc1COc1cc(Cl)c(Br)cc1Cl. The number of rotatable bonds is 4. The van der Waals surface area contributed by atoms with Crippen LogP contribution >= 0.6 is 39.1 Å². The van der Waals surface area contributed by atoms with E-state index in [2.05, 4.69) is 15.9 Å². The van der Waals surface area contributed by atoms with Crippen LogP contribution < -0.4 is 15.2 Å². The summed E-state index contributed by atoms with van der Waals surface area (Å²) in [5, 5.41) is 1.01. The largest absolute Gasteiger partial charge is 0.496 e. The summed E-state index contributed by atoms with van der Waals surface area (Å²) in [5.74, 6) is 1.21. The molecule has 0 spiro atoms. The first-order valence-electron chi connectivity index (χ1n) is 5.71. The van der Waals surface area contributed by atoms with Gasteiger partial charge in [-0.2, -0.15) is 0 Å². The molecule has 2 aromatic rings. The maximum atomic E-state index is 6.10. The average Bonchev–Trinajstić information content (AvgIpc) is 2.41. The van der Waals surface area contributed by atoms with E-state index < -0.39 is 0 Å². The van der Waals surface area contributed by atoms with Crippen molar-refractivity contribution in [3.63, 3.8) is 0 Å². The predicted molar refractivity (Wildman–Crippen MR) is 85.9 cm³/mol. The zero-order valence-corrected chi connectivity index (χ0v) is 13.7. The van der Waals surface area contributed by atoms with Gasteiger partial charge < -0.3 is 15.2 Å². The quantitative estimate of drug-likeness (QED) is 0.608. The average molecular weight is 377 g/mol. The molecule has 0 heterocycles. The van der Waals surface area contributed by atoms with Gasteiger partial charge in [-0.05, 0) is 40.2 Å². The van der Waals surface area contributed by atoms with Crippen molar-refractivity contribution in [2.75, 3.05) is 12.8 Å². The highest BCUT2D eigenvalue weighted by atomic mass is 79.9. The lowest BCUT2D eigenvalue weighted by Crippen LogP contribution is -2.00. The van der Waals surface area contributed by atoms with Gasteiger partial charge in [0.25, 0.3) is 0 Å². The summed E-state index contributed by atoms with van der Waals surface area (Å²) in [6.07, 6.45) is 0. The van der Waals surface area contributed by atoms with Gasteiger partial charge in [-0.3, -0.25) is 0 Å². The lowest BCUT2D eigenvalue weighted by molar-refractivity contribution is 0.297. The van der Waals surface area contributed by atoms with Crippen molar-refractivity contribution >= 4 is 44.8 Å². The Morgan fingerprint density at radius 2 is 1.85 bits per heavy atom. The zero-order chi connectivity index (χ0) is 14.7. The number of benzene rings is 2. The first-order valence-corrected chi connectivity index (χ1v) is 7.26. The minimum absolute atomic E-state index is 0.284. The Hall–Kier alpha value is -1.10. The van der Waals surface area contributed by atoms with Crippen LogP contribution in [0.25, 0.3) is 0 Å². The van der Waals surface area contributed by atoms with Gasteiger partial charge >= 0.3 is 0 Å². The van der Waals surface area contributed by atoms with E-state index in [0.717, 1.165) is 10.0 Å². The fourth-order valence-electron chi connectivity index (χ4n) is 1.68. The van der Waals surface area contributed by atoms with E-state index in [4.69, 9.17) is 38.4 Å². The van der Waals surface area contributed by atoms with Crippen LogP contribution in [0.5, 0.6) is 11.5 Å². The van der Waals surface area contributed by atoms with E-state index in [1.54, 1.807) is 37.4 Å². The van der Waals surface area contributed by atoms with Crippen LogP contribution in [0.4, 0.5) is 5.69 Å². The summed E-state index contributed by atoms with van der Waals surface area (Å²) in [6, 6.07) is 8.71. The molecule has 0 saturated heterocycles. The van der Waals surface area contributed by atoms with Gasteiger partial charge in [0.1, 0.15) is 18.1 Å². The van der Waals surface area contributed by atoms with Crippen LogP contribution in [0.15, 0.2) is 34.8 Å². The van der Waals surface area contributed by atoms with Crippen molar-refractivity contribution in [1.82, 2.24) is 0 Å². The minimum atomic E-state index is 0.284. The van der Waals surface area contributed by atoms with Gasteiger partial charge in [-0.25, -0.2) is 0 Å². The second-order valence-electron chi connectivity index (χ2n) is 4.06. The lowest BCUT2D eigenvalue weighted by atomic mass is 10.2. The van der Waals surface area contributed by atoms with Crippen LogP contribution in [-0.4, -0.2) is 7.11 Å². The molecule has 20 heavy (non-hydrogen) atoms. The topological polar surface area (TPSA) is 44.5 Å². The molecule has 0 aliphatic heterocycles. The molecular weight excluding hydrogens is 365 g/mol. The number of nitrogens with two attached hydrogens (primary N) is 1. The molecule has 0 atom stereocenters. The van der Waals surface area contributed by atoms with E-state index in [0.29, 0.717) is 27.2 Å². The molecule has 2 aromatic carbocycles. The van der Waals surface area contributed by atoms with E-state index >= 15 is 0 Å². The number of nitrogen functional groups attached to an aromatic ring is 1. The summed E-state index contributed by atoms with van der Waals surface area (Å²) in [7, 11) is 1.60. The van der Waals surface area contributed by atoms with Crippen molar-refractivity contribution in [2.45, 2.75) is 6.61 Å². The first kappa shape index (κ1) is 15.3. The van der Waals surface area contributed by atoms with Crippen LogP contribution in [0.3, 0.4) is 0 Å². The Kier molecular flexibility index (Phi) is 5.02. The second kappa shape index (κ2) is 6.57. The molecule has 0 unspecified atom stereocenters. The predicted octanol–water partition coefficient (Wildman–Crippen LogP) is 4.93. The van der Waals surface area contributed by atoms with Gasteiger partial charge in [-0.15, -0.1) is 0 Å². The van der Waals surface area contributed by atoms with Crippen molar-refractivity contribution in [3.8, 4) is 11.5 Å². The van der Waals surface area contributed by atoms with Crippen LogP contribution in [-0.2, 0) is 6.61 Å². The Balaban J connectivity index is 2.21. The molecule has 0 amide bonds. The van der Waals surface area contributed by atoms with Gasteiger partial charge in [0, 0.05) is 21.8 Å². The first-order chi connectivity index (χ1) is 9.51. The number of halogens is 3. The Morgan fingerprint density at radius 1 is 1.10 bits per heavy atom. The van der Waals surface area contributed by atoms with Crippen molar-refractivity contribution in [3.05, 3.63) is 50.4 Å². The molecule has 0 aliphatic rings. The van der Waals surface area contributed by atoms with Crippen LogP contribution in [0.2, 0.25) is 10.0 Å². The molecule has 2 rings (SSSR count). The molecule has 0 aliphatic carbocycles. The summed E-state index contributed by atoms with van der Waals surface area (Å²) >= 11 is 15.4. The monoisotopic (exact) mass is 375 g/mol. The van der Waals surface area contributed by atoms with Crippen molar-refractivity contribution in [2.24, 2.45) is 0 Å². The Bertz CT molecular complexity index is 635. The molecule has 3 nitrogen and oxygen atoms in total. The number of hydrogen-bond acceptors (Lipinski definition) is 3. The fraction of sp³-hybridized carbons (Fsp3) is 0.143. The van der Waals surface area contributed by atoms with Gasteiger partial charge in [0.05, 0.1) is 17.2 Å². The molecule has 106 valence electrons. The number of anilines is 1. The highest BCUT2D eigenvalue weighted by Gasteiger charge is 2.09. The highest BCUT2D eigenvalue weighted by Crippen LogP contribution is 2.35.